The number of benzene rings is 2. The van der Waals surface area contributed by atoms with Crippen LogP contribution in [-0.2, 0) is 17.8 Å². The predicted octanol–water partition coefficient (Wildman–Crippen LogP) is 2.52. The lowest BCUT2D eigenvalue weighted by molar-refractivity contribution is -0.131. The minimum absolute atomic E-state index is 0.00451. The summed E-state index contributed by atoms with van der Waals surface area (Å²) in [6.45, 7) is 1.55. The first-order chi connectivity index (χ1) is 15.1. The zero-order valence-electron chi connectivity index (χ0n) is 17.3. The van der Waals surface area contributed by atoms with Crippen LogP contribution >= 0.6 is 0 Å². The van der Waals surface area contributed by atoms with Gasteiger partial charge in [-0.05, 0) is 60.1 Å². The molecule has 0 radical (unpaired) electrons. The average Bonchev–Trinajstić information content (AvgIpc) is 3.45. The van der Waals surface area contributed by atoms with Gasteiger partial charge in [0.2, 0.25) is 5.91 Å². The topological polar surface area (TPSA) is 91.2 Å². The summed E-state index contributed by atoms with van der Waals surface area (Å²) in [4.78, 5) is 26.8. The first kappa shape index (κ1) is 19.8. The first-order valence-electron chi connectivity index (χ1n) is 10.9. The summed E-state index contributed by atoms with van der Waals surface area (Å²) in [5.74, 6) is 1.56. The van der Waals surface area contributed by atoms with Crippen molar-refractivity contribution >= 4 is 5.91 Å². The number of aromatic amines is 1. The second-order valence-electron chi connectivity index (χ2n) is 8.60. The molecule has 1 aliphatic carbocycles. The number of nitrogens with zero attached hydrogens (tertiary/aromatic N) is 3. The normalized spacial score (nSPS) is 18.5. The Kier molecular flexibility index (Phi) is 5.19. The number of carbonyl (C=O) groups is 1. The van der Waals surface area contributed by atoms with Crippen LogP contribution in [-0.4, -0.2) is 43.8 Å². The van der Waals surface area contributed by atoms with Crippen LogP contribution in [0.2, 0.25) is 0 Å². The van der Waals surface area contributed by atoms with Crippen LogP contribution in [0.4, 0.5) is 0 Å². The third-order valence-electron chi connectivity index (χ3n) is 6.31. The van der Waals surface area contributed by atoms with Gasteiger partial charge in [-0.2, -0.15) is 5.10 Å². The maximum absolute atomic E-state index is 12.5. The van der Waals surface area contributed by atoms with Gasteiger partial charge in [0, 0.05) is 25.4 Å². The van der Waals surface area contributed by atoms with Gasteiger partial charge in [0.1, 0.15) is 5.82 Å². The van der Waals surface area contributed by atoms with Gasteiger partial charge in [-0.3, -0.25) is 4.79 Å². The minimum atomic E-state index is -0.256. The highest BCUT2D eigenvalue weighted by molar-refractivity contribution is 5.81. The van der Waals surface area contributed by atoms with Gasteiger partial charge in [0.05, 0.1) is 12.3 Å². The molecular weight excluding hydrogens is 392 g/mol. The molecule has 2 N–H and O–H groups in total. The molecule has 5 rings (SSSR count). The molecule has 1 aliphatic heterocycles. The molecule has 2 heterocycles. The largest absolute Gasteiger partial charge is 0.392 e. The molecule has 0 spiro atoms. The number of H-pyrrole nitrogens is 1. The summed E-state index contributed by atoms with van der Waals surface area (Å²) in [7, 11) is 0. The fourth-order valence-electron chi connectivity index (χ4n) is 4.43. The first-order valence-corrected chi connectivity index (χ1v) is 10.9. The van der Waals surface area contributed by atoms with E-state index in [2.05, 4.69) is 10.2 Å². The molecule has 3 aromatic rings. The van der Waals surface area contributed by atoms with E-state index in [0.717, 1.165) is 54.7 Å². The quantitative estimate of drug-likeness (QED) is 0.644. The van der Waals surface area contributed by atoms with Gasteiger partial charge in [-0.25, -0.2) is 14.5 Å². The molecule has 7 nitrogen and oxygen atoms in total. The third-order valence-corrected chi connectivity index (χ3v) is 6.31. The van der Waals surface area contributed by atoms with E-state index in [1.54, 1.807) is 4.57 Å². The fraction of sp³-hybridized carbons (Fsp3) is 0.375. The van der Waals surface area contributed by atoms with E-state index in [1.807, 2.05) is 53.4 Å². The lowest BCUT2D eigenvalue weighted by Gasteiger charge is -2.16. The number of nitrogens with one attached hydrogen (secondary N) is 1. The second-order valence-corrected chi connectivity index (χ2v) is 8.60. The van der Waals surface area contributed by atoms with Crippen LogP contribution in [0.1, 0.15) is 30.7 Å². The van der Waals surface area contributed by atoms with Crippen LogP contribution in [0.25, 0.3) is 16.8 Å². The van der Waals surface area contributed by atoms with Crippen molar-refractivity contribution in [3.8, 4) is 16.8 Å². The van der Waals surface area contributed by atoms with Crippen molar-refractivity contribution in [3.63, 3.8) is 0 Å². The van der Waals surface area contributed by atoms with E-state index >= 15 is 0 Å². The van der Waals surface area contributed by atoms with Crippen molar-refractivity contribution in [2.24, 2.45) is 11.8 Å². The third kappa shape index (κ3) is 4.05. The Balaban J connectivity index is 1.33. The molecule has 1 saturated heterocycles. The van der Waals surface area contributed by atoms with Crippen LogP contribution in [0, 0.1) is 11.8 Å². The number of likely N-dealkylation sites (tertiary alicyclic amines) is 1. The van der Waals surface area contributed by atoms with Crippen molar-refractivity contribution in [2.45, 2.75) is 32.3 Å². The van der Waals surface area contributed by atoms with Crippen molar-refractivity contribution in [1.82, 2.24) is 19.7 Å². The smallest absolute Gasteiger partial charge is 0.347 e. The molecule has 1 amide bonds. The fourth-order valence-corrected chi connectivity index (χ4v) is 4.43. The maximum Gasteiger partial charge on any atom is 0.347 e. The Labute approximate surface area is 180 Å². The summed E-state index contributed by atoms with van der Waals surface area (Å²) in [6, 6.07) is 15.5. The second kappa shape index (κ2) is 8.15. The SMILES string of the molecule is O=C(C1CC1)N1CCC(Cc2n[nH]c(=O)n2-c2ccc(-c3cccc(CO)c3)cc2)C1. The van der Waals surface area contributed by atoms with Gasteiger partial charge in [-0.1, -0.05) is 30.3 Å². The molecule has 1 atom stereocenters. The van der Waals surface area contributed by atoms with Gasteiger partial charge in [0.15, 0.2) is 0 Å². The van der Waals surface area contributed by atoms with Crippen LogP contribution < -0.4 is 5.69 Å². The van der Waals surface area contributed by atoms with Crippen LogP contribution in [0.5, 0.6) is 0 Å². The number of aliphatic hydroxyl groups is 1. The molecule has 1 saturated carbocycles. The van der Waals surface area contributed by atoms with Crippen LogP contribution in [0.15, 0.2) is 53.3 Å². The Hall–Kier alpha value is -3.19. The molecule has 2 aliphatic rings. The number of aromatic nitrogens is 3. The lowest BCUT2D eigenvalue weighted by atomic mass is 10.0. The van der Waals surface area contributed by atoms with E-state index < -0.39 is 0 Å². The lowest BCUT2D eigenvalue weighted by Crippen LogP contribution is -2.30. The molecule has 2 fully saturated rings. The highest BCUT2D eigenvalue weighted by Crippen LogP contribution is 2.33. The van der Waals surface area contributed by atoms with E-state index in [1.165, 1.54) is 0 Å². The Bertz CT molecular complexity index is 1140. The summed E-state index contributed by atoms with van der Waals surface area (Å²) >= 11 is 0. The minimum Gasteiger partial charge on any atom is -0.392 e. The zero-order chi connectivity index (χ0) is 21.4. The molecule has 2 aromatic carbocycles. The van der Waals surface area contributed by atoms with Gasteiger partial charge >= 0.3 is 5.69 Å². The summed E-state index contributed by atoms with van der Waals surface area (Å²) in [5, 5.41) is 16.2. The Morgan fingerprint density at radius 1 is 1.10 bits per heavy atom. The van der Waals surface area contributed by atoms with E-state index in [-0.39, 0.29) is 18.2 Å². The number of hydrogen-bond donors (Lipinski definition) is 2. The number of aliphatic hydroxyl groups excluding tert-OH is 1. The van der Waals surface area contributed by atoms with Gasteiger partial charge in [0.25, 0.3) is 0 Å². The Morgan fingerprint density at radius 2 is 1.90 bits per heavy atom. The van der Waals surface area contributed by atoms with Crippen molar-refractivity contribution < 1.29 is 9.90 Å². The summed E-state index contributed by atoms with van der Waals surface area (Å²) in [5.41, 5.74) is 3.40. The Morgan fingerprint density at radius 3 is 2.65 bits per heavy atom. The molecule has 1 aromatic heterocycles. The van der Waals surface area contributed by atoms with Gasteiger partial charge < -0.3 is 10.0 Å². The van der Waals surface area contributed by atoms with Crippen molar-refractivity contribution in [1.29, 1.82) is 0 Å². The van der Waals surface area contributed by atoms with E-state index in [4.69, 9.17) is 0 Å². The molecular formula is C24H26N4O3. The molecule has 31 heavy (non-hydrogen) atoms. The zero-order valence-corrected chi connectivity index (χ0v) is 17.3. The molecule has 0 bridgehead atoms. The van der Waals surface area contributed by atoms with E-state index in [0.29, 0.717) is 24.1 Å². The number of hydrogen-bond acceptors (Lipinski definition) is 4. The number of carbonyl (C=O) groups excluding carboxylic acids is 1. The molecule has 160 valence electrons. The van der Waals surface area contributed by atoms with E-state index in [9.17, 15) is 14.7 Å². The summed E-state index contributed by atoms with van der Waals surface area (Å²) < 4.78 is 1.62. The van der Waals surface area contributed by atoms with Gasteiger partial charge in [-0.15, -0.1) is 0 Å². The number of amides is 1. The highest BCUT2D eigenvalue weighted by Gasteiger charge is 2.36. The molecule has 1 unspecified atom stereocenters. The summed E-state index contributed by atoms with van der Waals surface area (Å²) in [6.07, 6.45) is 3.66. The maximum atomic E-state index is 12.5. The van der Waals surface area contributed by atoms with Crippen molar-refractivity contribution in [2.75, 3.05) is 13.1 Å². The van der Waals surface area contributed by atoms with Crippen LogP contribution in [0.3, 0.4) is 0 Å². The predicted molar refractivity (Wildman–Crippen MR) is 117 cm³/mol. The average molecular weight is 418 g/mol. The molecule has 7 heteroatoms. The monoisotopic (exact) mass is 418 g/mol. The number of rotatable bonds is 6. The van der Waals surface area contributed by atoms with Crippen molar-refractivity contribution in [3.05, 3.63) is 70.4 Å². The standard InChI is InChI=1S/C24H26N4O3/c29-15-17-2-1-3-20(12-17)18-6-8-21(9-7-18)28-22(25-26-24(28)31)13-16-10-11-27(14-16)23(30)19-4-5-19/h1-3,6-9,12,16,19,29H,4-5,10-11,13-15H2,(H,26,31). The highest BCUT2D eigenvalue weighted by atomic mass is 16.3.